The number of rotatable bonds is 13. The van der Waals surface area contributed by atoms with Crippen molar-refractivity contribution < 1.29 is 4.42 Å². The van der Waals surface area contributed by atoms with Gasteiger partial charge in [-0.05, 0) is 288 Å². The lowest BCUT2D eigenvalue weighted by Crippen LogP contribution is -2.14. The first-order valence-electron chi connectivity index (χ1n) is 49.1. The number of furan rings is 1. The van der Waals surface area contributed by atoms with Crippen LogP contribution in [0, 0.1) is 0 Å². The van der Waals surface area contributed by atoms with E-state index in [1.165, 1.54) is 182 Å². The Kier molecular flexibility index (Phi) is 20.7. The number of hydrogen-bond donors (Lipinski definition) is 0. The Hall–Kier alpha value is -17.8. The van der Waals surface area contributed by atoms with E-state index in [-0.39, 0.29) is 5.41 Å². The fraction of sp³-hybridized carbons (Fsp3) is 0.0219. The normalized spacial score (nSPS) is 12.2. The smallest absolute Gasteiger partial charge is 0.135 e. The molecule has 3 aromatic heterocycles. The topological polar surface area (TPSA) is 22.9 Å². The van der Waals surface area contributed by atoms with Gasteiger partial charge in [-0.3, -0.25) is 0 Å². The molecule has 0 spiro atoms. The van der Waals surface area contributed by atoms with Gasteiger partial charge in [0.25, 0.3) is 0 Å². The molecule has 4 nitrogen and oxygen atoms in total. The molecule has 0 saturated carbocycles. The van der Waals surface area contributed by atoms with Crippen LogP contribution in [0.5, 0.6) is 0 Å². The highest BCUT2D eigenvalue weighted by Crippen LogP contribution is 2.53. The quantitative estimate of drug-likeness (QED) is 0.107. The monoisotopic (exact) mass is 1860 g/mol. The first-order valence-corrected chi connectivity index (χ1v) is 50.8. The Morgan fingerprint density at radius 2 is 0.531 bits per heavy atom. The number of nitrogens with zero attached hydrogens (tertiary/aromatic N) is 3. The number of thiophene rings is 2. The van der Waals surface area contributed by atoms with Crippen LogP contribution >= 0.6 is 22.7 Å². The number of hydrogen-bond acceptors (Lipinski definition) is 6. The highest BCUT2D eigenvalue weighted by atomic mass is 32.1. The van der Waals surface area contributed by atoms with Crippen LogP contribution < -0.4 is 14.7 Å². The maximum atomic E-state index is 6.12. The van der Waals surface area contributed by atoms with E-state index in [1.54, 1.807) is 0 Å². The molecule has 3 heterocycles. The van der Waals surface area contributed by atoms with Crippen LogP contribution in [0.4, 0.5) is 51.2 Å². The van der Waals surface area contributed by atoms with Crippen LogP contribution in [0.25, 0.3) is 204 Å². The summed E-state index contributed by atoms with van der Waals surface area (Å²) in [6.45, 7) is 4.70. The minimum atomic E-state index is -0.0287. The van der Waals surface area contributed by atoms with Crippen molar-refractivity contribution in [3.8, 4) is 55.6 Å². The van der Waals surface area contributed by atoms with Gasteiger partial charge in [0.2, 0.25) is 0 Å². The lowest BCUT2D eigenvalue weighted by atomic mass is 9.81. The summed E-state index contributed by atoms with van der Waals surface area (Å²) in [6, 6.07) is 188. The first-order chi connectivity index (χ1) is 70.6. The second kappa shape index (κ2) is 35.0. The average Bonchev–Trinajstić information content (AvgIpc) is 1.68. The minimum absolute atomic E-state index is 0.0287. The number of fused-ring (bicyclic) bond motifs is 24. The van der Waals surface area contributed by atoms with Crippen molar-refractivity contribution in [2.75, 3.05) is 14.7 Å². The molecule has 0 aliphatic heterocycles. The zero-order chi connectivity index (χ0) is 94.7. The SMILES string of the molecule is CC1(C)c2ccccc2-c2ccc(-c3ccc(N(c4cccc(-c5ccc6sc7ccccc7c6c5)c4)c4cccc5ccccc45)cc3)cc21.c1cc(-c2ccc3oc4ccccc4c3c2)cc(N(c2ccc3ccccc3c2)c2cc3ccccc3c3ccccc23)c1.c1cc(-c2ccc3sc4ccccc4c3c2)cc(N(c2ccc3c4ccccc4c4ccccc4c3c2)c2cccc3ccccc23)c1. The van der Waals surface area contributed by atoms with Gasteiger partial charge in [-0.15, -0.1) is 22.7 Å². The van der Waals surface area contributed by atoms with Crippen molar-refractivity contribution in [2.24, 2.45) is 0 Å². The molecule has 6 heteroatoms. The molecule has 672 valence electrons. The molecule has 0 bridgehead atoms. The molecule has 1 aliphatic carbocycles. The molecule has 0 atom stereocenters. The third-order valence-corrected chi connectivity index (χ3v) is 31.8. The predicted molar refractivity (Wildman–Crippen MR) is 616 cm³/mol. The van der Waals surface area contributed by atoms with Gasteiger partial charge in [0.15, 0.2) is 0 Å². The van der Waals surface area contributed by atoms with Gasteiger partial charge in [-0.1, -0.05) is 378 Å². The first kappa shape index (κ1) is 84.5. The van der Waals surface area contributed by atoms with E-state index in [0.717, 1.165) is 84.3 Å². The summed E-state index contributed by atoms with van der Waals surface area (Å²) in [7, 11) is 0. The highest BCUT2D eigenvalue weighted by molar-refractivity contribution is 7.26. The largest absolute Gasteiger partial charge is 0.456 e. The number of para-hydroxylation sites is 1. The van der Waals surface area contributed by atoms with Crippen molar-refractivity contribution in [3.63, 3.8) is 0 Å². The molecular formula is C137H91N3OS2. The summed E-state index contributed by atoms with van der Waals surface area (Å²) >= 11 is 3.73. The average molecular weight is 1860 g/mol. The second-order valence-corrected chi connectivity index (χ2v) is 40.2. The van der Waals surface area contributed by atoms with Crippen LogP contribution in [0.2, 0.25) is 0 Å². The fourth-order valence-corrected chi connectivity index (χ4v) is 24.7. The Bertz CT molecular complexity index is 9930. The van der Waals surface area contributed by atoms with Crippen LogP contribution in [0.3, 0.4) is 0 Å². The summed E-state index contributed by atoms with van der Waals surface area (Å²) in [5.41, 5.74) is 27.2. The number of anilines is 9. The van der Waals surface area contributed by atoms with Gasteiger partial charge in [0.05, 0.1) is 17.1 Å². The third-order valence-electron chi connectivity index (χ3n) is 29.5. The van der Waals surface area contributed by atoms with E-state index >= 15 is 0 Å². The van der Waals surface area contributed by atoms with E-state index in [4.69, 9.17) is 4.42 Å². The van der Waals surface area contributed by atoms with Crippen LogP contribution in [-0.4, -0.2) is 0 Å². The molecule has 0 saturated heterocycles. The Morgan fingerprint density at radius 1 is 0.168 bits per heavy atom. The van der Waals surface area contributed by atoms with Gasteiger partial charge in [-0.25, -0.2) is 0 Å². The van der Waals surface area contributed by atoms with Gasteiger partial charge < -0.3 is 19.1 Å². The Labute approximate surface area is 836 Å². The fourth-order valence-electron chi connectivity index (χ4n) is 22.5. The van der Waals surface area contributed by atoms with Crippen molar-refractivity contribution >= 4 is 222 Å². The molecule has 28 aromatic rings. The van der Waals surface area contributed by atoms with Gasteiger partial charge in [-0.2, -0.15) is 0 Å². The summed E-state index contributed by atoms with van der Waals surface area (Å²) in [5.74, 6) is 0. The number of benzene rings is 25. The molecule has 143 heavy (non-hydrogen) atoms. The van der Waals surface area contributed by atoms with Crippen molar-refractivity contribution in [2.45, 2.75) is 19.3 Å². The lowest BCUT2D eigenvalue weighted by Gasteiger charge is -2.28. The highest BCUT2D eigenvalue weighted by Gasteiger charge is 2.36. The molecule has 0 N–H and O–H groups in total. The summed E-state index contributed by atoms with van der Waals surface area (Å²) in [4.78, 5) is 7.26. The molecule has 0 fully saturated rings. The second-order valence-electron chi connectivity index (χ2n) is 38.1. The zero-order valence-electron chi connectivity index (χ0n) is 78.6. The minimum Gasteiger partial charge on any atom is -0.456 e. The van der Waals surface area contributed by atoms with Gasteiger partial charge in [0, 0.05) is 107 Å². The third kappa shape index (κ3) is 14.9. The Morgan fingerprint density at radius 3 is 1.13 bits per heavy atom. The zero-order valence-corrected chi connectivity index (χ0v) is 80.3. The van der Waals surface area contributed by atoms with E-state index in [9.17, 15) is 0 Å². The van der Waals surface area contributed by atoms with E-state index in [1.807, 2.05) is 34.8 Å². The van der Waals surface area contributed by atoms with Crippen molar-refractivity contribution in [1.82, 2.24) is 0 Å². The summed E-state index contributed by atoms with van der Waals surface area (Å²) < 4.78 is 11.4. The van der Waals surface area contributed by atoms with Crippen molar-refractivity contribution in [1.29, 1.82) is 0 Å². The molecule has 29 rings (SSSR count). The van der Waals surface area contributed by atoms with Crippen LogP contribution in [0.1, 0.15) is 25.0 Å². The summed E-state index contributed by atoms with van der Waals surface area (Å²) in [5, 5.41) is 27.5. The van der Waals surface area contributed by atoms with E-state index in [0.29, 0.717) is 0 Å². The molecule has 0 radical (unpaired) electrons. The van der Waals surface area contributed by atoms with Crippen LogP contribution in [-0.2, 0) is 5.41 Å². The lowest BCUT2D eigenvalue weighted by molar-refractivity contribution is 0.660. The van der Waals surface area contributed by atoms with Crippen LogP contribution in [0.15, 0.2) is 520 Å². The van der Waals surface area contributed by atoms with E-state index in [2.05, 4.69) is 532 Å². The standard InChI is InChI=1S/C49H35NS.C46H29NS.C42H27NO/c1-49(2)44-18-7-5-16-40(44)41-27-23-36(31-45(41)49)32-21-25-37(26-22-32)50(46-19-10-12-33-11-3-4-15-39(33)46)38-14-9-13-34(29-38)35-24-28-48-43(30-35)42-17-6-8-20-47(42)51-48;1-2-15-35-30(11-1)12-10-21-44(35)47(34-24-25-40-38-18-4-3-16-36(38)37-17-5-6-19-39(37)42(40)29-34)33-14-9-13-31(27-33)32-23-26-46-43(28-32)41-20-7-8-22-45(41)48-46;1-2-11-29-24-34(22-20-28(29)10-1)43(40-27-32-12-3-4-15-35(32)36-16-5-6-17-37(36)40)33-14-9-13-30(25-33)31-21-23-42-39(26-31)38-18-7-8-19-41(38)44-42/h3-31H,1-2H3;1-29H;1-27H. The molecule has 1 aliphatic rings. The maximum Gasteiger partial charge on any atom is 0.135 e. The molecule has 0 amide bonds. The summed E-state index contributed by atoms with van der Waals surface area (Å²) in [6.07, 6.45) is 0. The molecular weight excluding hydrogens is 1770 g/mol. The molecule has 25 aromatic carbocycles. The van der Waals surface area contributed by atoms with Gasteiger partial charge in [0.1, 0.15) is 11.2 Å². The molecule has 0 unspecified atom stereocenters. The van der Waals surface area contributed by atoms with E-state index < -0.39 is 0 Å². The van der Waals surface area contributed by atoms with Gasteiger partial charge >= 0.3 is 0 Å². The van der Waals surface area contributed by atoms with Crippen molar-refractivity contribution in [3.05, 3.63) is 527 Å². The Balaban J connectivity index is 0.000000107. The maximum absolute atomic E-state index is 6.12. The predicted octanol–water partition coefficient (Wildman–Crippen LogP) is 40.3.